The summed E-state index contributed by atoms with van der Waals surface area (Å²) < 4.78 is 0. The van der Waals surface area contributed by atoms with Gasteiger partial charge in [-0.05, 0) is 53.4 Å². The molecule has 0 aliphatic heterocycles. The van der Waals surface area contributed by atoms with Crippen LogP contribution in [0.4, 0.5) is 5.69 Å². The number of nitrogens with one attached hydrogen (secondary N) is 2. The Kier molecular flexibility index (Phi) is 15.0. The van der Waals surface area contributed by atoms with Gasteiger partial charge in [-0.15, -0.1) is 0 Å². The van der Waals surface area contributed by atoms with Crippen LogP contribution in [-0.4, -0.2) is 24.6 Å². The third-order valence-electron chi connectivity index (χ3n) is 2.95. The molecule has 1 unspecified atom stereocenters. The van der Waals surface area contributed by atoms with Gasteiger partial charge < -0.3 is 15.4 Å². The van der Waals surface area contributed by atoms with E-state index < -0.39 is 6.04 Å². The van der Waals surface area contributed by atoms with E-state index in [1.54, 1.807) is 6.41 Å². The molecule has 1 aromatic rings. The maximum atomic E-state index is 12.0. The quantitative estimate of drug-likeness (QED) is 0.253. The molecule has 1 aromatic carbocycles. The monoisotopic (exact) mass is 632 g/mol. The molecule has 0 spiro atoms. The van der Waals surface area contributed by atoms with Crippen molar-refractivity contribution in [2.75, 3.05) is 11.6 Å². The Morgan fingerprint density at radius 3 is 2.21 bits per heavy atom. The van der Waals surface area contributed by atoms with Crippen LogP contribution in [0.1, 0.15) is 32.8 Å². The van der Waals surface area contributed by atoms with Crippen LogP contribution in [0.15, 0.2) is 24.3 Å². The number of amides is 2. The molecule has 0 bridgehead atoms. The van der Waals surface area contributed by atoms with Gasteiger partial charge in [0, 0.05) is 15.7 Å². The van der Waals surface area contributed by atoms with Gasteiger partial charge >= 0.3 is 0 Å². The summed E-state index contributed by atoms with van der Waals surface area (Å²) >= 11 is 0. The van der Waals surface area contributed by atoms with Crippen LogP contribution in [0.25, 0.3) is 0 Å². The number of aryl methyl sites for hydroxylation is 1. The summed E-state index contributed by atoms with van der Waals surface area (Å²) in [5.41, 5.74) is 1.96. The standard InChI is InChI=1S/C15H21N2O2.CH3ClS2.Fm/c1-4-12-5-7-13(8-6-12)17-15(19)14(16-10-18)9-11(2)3;1-3-4-2;/h5-8,11,14H,4,9H2,1-3H3,(H,16,18)(H,17,19);1H3;/q-1;;. The van der Waals surface area contributed by atoms with Crippen molar-refractivity contribution in [2.45, 2.75) is 39.7 Å². The average molecular weight is 633 g/mol. The van der Waals surface area contributed by atoms with E-state index in [0.29, 0.717) is 12.3 Å². The van der Waals surface area contributed by atoms with Crippen molar-refractivity contribution in [3.63, 3.8) is 0 Å². The van der Waals surface area contributed by atoms with Gasteiger partial charge in [0.1, 0.15) is 0 Å². The number of anilines is 1. The summed E-state index contributed by atoms with van der Waals surface area (Å²) in [6.07, 6.45) is 5.08. The van der Waals surface area contributed by atoms with Crippen LogP contribution in [0.5, 0.6) is 0 Å². The van der Waals surface area contributed by atoms with Crippen molar-refractivity contribution in [1.29, 1.82) is 0 Å². The molecule has 2 amide bonds. The van der Waals surface area contributed by atoms with Gasteiger partial charge in [-0.25, -0.2) is 0 Å². The Labute approximate surface area is 151 Å². The maximum absolute atomic E-state index is 12.0. The van der Waals surface area contributed by atoms with E-state index in [9.17, 15) is 9.59 Å². The summed E-state index contributed by atoms with van der Waals surface area (Å²) in [5.74, 6) is 0.111. The van der Waals surface area contributed by atoms with Gasteiger partial charge in [-0.2, -0.15) is 6.41 Å². The molecule has 1 atom stereocenters. The number of carbonyl (C=O) groups is 1. The minimum Gasteiger partial charge on any atom is -0.520 e. The number of carbonyl (C=O) groups excluding carboxylic acids is 2. The SMILES string of the molecule is CCc1ccc(NC(=O)C(CC(C)C)N[C-]=O)cc1.CSSCl.[Fm]. The smallest absolute Gasteiger partial charge is 0.244 e. The Morgan fingerprint density at radius 2 is 1.83 bits per heavy atom. The van der Waals surface area contributed by atoms with Crippen LogP contribution in [0, 0.1) is 5.92 Å². The minimum absolute atomic E-state index is 0. The second-order valence-corrected chi connectivity index (χ2v) is 8.17. The van der Waals surface area contributed by atoms with Gasteiger partial charge in [0.15, 0.2) is 0 Å². The van der Waals surface area contributed by atoms with Gasteiger partial charge in [-0.3, -0.25) is 4.79 Å². The third-order valence-corrected chi connectivity index (χ3v) is 4.59. The van der Waals surface area contributed by atoms with Crippen LogP contribution in [0.2, 0.25) is 0 Å². The van der Waals surface area contributed by atoms with Crippen molar-refractivity contribution < 1.29 is 9.59 Å². The molecule has 0 saturated heterocycles. The van der Waals surface area contributed by atoms with Crippen molar-refractivity contribution in [2.24, 2.45) is 5.92 Å². The molecule has 0 saturated carbocycles. The van der Waals surface area contributed by atoms with E-state index in [0.717, 1.165) is 12.1 Å². The molecule has 2 N–H and O–H groups in total. The summed E-state index contributed by atoms with van der Waals surface area (Å²) in [5, 5.41) is 5.24. The molecule has 24 heavy (non-hydrogen) atoms. The second kappa shape index (κ2) is 14.7. The van der Waals surface area contributed by atoms with Gasteiger partial charge in [0.2, 0.25) is 5.91 Å². The van der Waals surface area contributed by atoms with E-state index in [4.69, 9.17) is 10.7 Å². The van der Waals surface area contributed by atoms with E-state index in [-0.39, 0.29) is 5.91 Å². The second-order valence-electron chi connectivity index (χ2n) is 5.20. The third kappa shape index (κ3) is 10.8. The normalized spacial score (nSPS) is 10.8. The van der Waals surface area contributed by atoms with Crippen molar-refractivity contribution in [1.82, 2.24) is 5.32 Å². The number of halogens is 1. The first-order valence-corrected chi connectivity index (χ1v) is 10.7. The zero-order valence-corrected chi connectivity index (χ0v) is 19.0. The summed E-state index contributed by atoms with van der Waals surface area (Å²) in [4.78, 5) is 22.5. The summed E-state index contributed by atoms with van der Waals surface area (Å²) in [6, 6.07) is 7.16. The molecular weight excluding hydrogens is 609 g/mol. The largest absolute Gasteiger partial charge is 0.520 e. The van der Waals surface area contributed by atoms with Crippen LogP contribution >= 0.6 is 31.5 Å². The Balaban J connectivity index is 0. The van der Waals surface area contributed by atoms with Gasteiger partial charge in [0.05, 0.1) is 6.04 Å². The van der Waals surface area contributed by atoms with Crippen molar-refractivity contribution in [3.05, 3.63) is 29.8 Å². The van der Waals surface area contributed by atoms with Crippen LogP contribution in [-0.2, 0) is 16.0 Å². The van der Waals surface area contributed by atoms with Crippen LogP contribution < -0.4 is 10.6 Å². The zero-order chi connectivity index (χ0) is 17.7. The molecule has 0 heterocycles. The maximum Gasteiger partial charge on any atom is 0.244 e. The molecule has 4 nitrogen and oxygen atoms in total. The van der Waals surface area contributed by atoms with E-state index in [1.165, 1.54) is 26.4 Å². The average Bonchev–Trinajstić information content (AvgIpc) is 2.55. The fourth-order valence-electron chi connectivity index (χ4n) is 1.83. The summed E-state index contributed by atoms with van der Waals surface area (Å²) in [7, 11) is 7.85. The fourth-order valence-corrected chi connectivity index (χ4v) is 1.83. The molecule has 142 valence electrons. The molecular formula is C16H24ClFmN2O2S2-. The summed E-state index contributed by atoms with van der Waals surface area (Å²) in [6.45, 7) is 6.09. The minimum atomic E-state index is -0.539. The van der Waals surface area contributed by atoms with E-state index in [1.807, 2.05) is 44.4 Å². The molecule has 0 aliphatic rings. The van der Waals surface area contributed by atoms with E-state index >= 15 is 0 Å². The first kappa shape index (κ1) is 24.4. The number of rotatable bonds is 8. The first-order valence-electron chi connectivity index (χ1n) is 7.32. The first-order chi connectivity index (χ1) is 11.0. The Bertz CT molecular complexity index is 460. The Hall–Kier alpha value is -1.85. The van der Waals surface area contributed by atoms with E-state index in [2.05, 4.69) is 17.6 Å². The molecule has 0 aliphatic carbocycles. The zero-order valence-electron chi connectivity index (χ0n) is 14.2. The predicted molar refractivity (Wildman–Crippen MR) is 103 cm³/mol. The molecule has 0 aromatic heterocycles. The number of hydrogen-bond acceptors (Lipinski definition) is 4. The van der Waals surface area contributed by atoms with Gasteiger partial charge in [0.25, 0.3) is 0 Å². The molecule has 0 fully saturated rings. The predicted octanol–water partition coefficient (Wildman–Crippen LogP) is 4.41. The topological polar surface area (TPSA) is 58.2 Å². The number of benzene rings is 1. The molecule has 0 radical (unpaired) electrons. The Morgan fingerprint density at radius 1 is 1.29 bits per heavy atom. The fraction of sp³-hybridized carbons (Fsp3) is 0.500. The van der Waals surface area contributed by atoms with Crippen molar-refractivity contribution in [3.8, 4) is 0 Å². The van der Waals surface area contributed by atoms with Crippen LogP contribution in [0.3, 0.4) is 0 Å². The molecule has 8 heteroatoms. The molecule has 1 rings (SSSR count). The van der Waals surface area contributed by atoms with Gasteiger partial charge in [-0.1, -0.05) is 43.7 Å². The van der Waals surface area contributed by atoms with Crippen molar-refractivity contribution >= 4 is 49.5 Å². The number of hydrogen-bond donors (Lipinski definition) is 2.